The van der Waals surface area contributed by atoms with Gasteiger partial charge in [-0.1, -0.05) is 11.6 Å². The first-order valence-corrected chi connectivity index (χ1v) is 5.71. The van der Waals surface area contributed by atoms with Crippen LogP contribution in [-0.4, -0.2) is 13.1 Å². The van der Waals surface area contributed by atoms with E-state index in [9.17, 15) is 0 Å². The number of nitrogens with one attached hydrogen (secondary N) is 1. The summed E-state index contributed by atoms with van der Waals surface area (Å²) in [6.45, 7) is 4.05. The van der Waals surface area contributed by atoms with Crippen LogP contribution in [0.15, 0.2) is 11.6 Å². The maximum absolute atomic E-state index is 3.42. The van der Waals surface area contributed by atoms with Crippen LogP contribution in [-0.2, 0) is 0 Å². The summed E-state index contributed by atoms with van der Waals surface area (Å²) in [7, 11) is 0. The molecule has 0 radical (unpaired) electrons. The molecule has 14 heavy (non-hydrogen) atoms. The second-order valence-corrected chi connectivity index (χ2v) is 3.78. The summed E-state index contributed by atoms with van der Waals surface area (Å²) in [5.74, 6) is 5.97. The van der Waals surface area contributed by atoms with Crippen molar-refractivity contribution in [2.24, 2.45) is 0 Å². The van der Waals surface area contributed by atoms with Gasteiger partial charge in [0.25, 0.3) is 0 Å². The molecule has 0 bridgehead atoms. The molecule has 0 aromatic heterocycles. The zero-order valence-electron chi connectivity index (χ0n) is 9.23. The van der Waals surface area contributed by atoms with Crippen LogP contribution in [0.5, 0.6) is 0 Å². The summed E-state index contributed by atoms with van der Waals surface area (Å²) < 4.78 is 0. The second-order valence-electron chi connectivity index (χ2n) is 3.78. The lowest BCUT2D eigenvalue weighted by atomic mass is 9.97. The van der Waals surface area contributed by atoms with Gasteiger partial charge in [0.15, 0.2) is 0 Å². The third kappa shape index (κ3) is 5.09. The maximum atomic E-state index is 3.42. The van der Waals surface area contributed by atoms with Crippen molar-refractivity contribution in [1.82, 2.24) is 5.32 Å². The third-order valence-corrected chi connectivity index (χ3v) is 2.61. The first-order chi connectivity index (χ1) is 6.93. The van der Waals surface area contributed by atoms with E-state index in [-0.39, 0.29) is 0 Å². The molecule has 0 aliphatic heterocycles. The summed E-state index contributed by atoms with van der Waals surface area (Å²) in [6.07, 6.45) is 10.1. The van der Waals surface area contributed by atoms with Gasteiger partial charge in [0.2, 0.25) is 0 Å². The molecule has 1 nitrogen and oxygen atoms in total. The van der Waals surface area contributed by atoms with E-state index in [4.69, 9.17) is 0 Å². The predicted octanol–water partition coefficient (Wildman–Crippen LogP) is 2.88. The highest BCUT2D eigenvalue weighted by molar-refractivity contribution is 5.05. The molecule has 0 amide bonds. The monoisotopic (exact) mass is 191 g/mol. The minimum absolute atomic E-state index is 0.982. The topological polar surface area (TPSA) is 12.0 Å². The summed E-state index contributed by atoms with van der Waals surface area (Å²) in [6, 6.07) is 0. The first kappa shape index (κ1) is 11.3. The highest BCUT2D eigenvalue weighted by atomic mass is 14.8. The normalized spacial score (nSPS) is 15.6. The van der Waals surface area contributed by atoms with E-state index in [2.05, 4.69) is 23.2 Å². The van der Waals surface area contributed by atoms with E-state index in [1.54, 1.807) is 5.57 Å². The molecule has 0 unspecified atom stereocenters. The Kier molecular flexibility index (Phi) is 6.19. The number of hydrogen-bond acceptors (Lipinski definition) is 1. The molecule has 0 spiro atoms. The van der Waals surface area contributed by atoms with E-state index < -0.39 is 0 Å². The Labute approximate surface area is 88.0 Å². The summed E-state index contributed by atoms with van der Waals surface area (Å²) >= 11 is 0. The molecule has 78 valence electrons. The van der Waals surface area contributed by atoms with Gasteiger partial charge in [-0.3, -0.25) is 0 Å². The Morgan fingerprint density at radius 1 is 1.36 bits per heavy atom. The molecule has 1 aliphatic carbocycles. The Balaban J connectivity index is 1.97. The minimum atomic E-state index is 0.982. The van der Waals surface area contributed by atoms with Crippen LogP contribution in [0.1, 0.15) is 45.4 Å². The average molecular weight is 191 g/mol. The van der Waals surface area contributed by atoms with Crippen molar-refractivity contribution >= 4 is 0 Å². The van der Waals surface area contributed by atoms with Crippen LogP contribution in [0.3, 0.4) is 0 Å². The fourth-order valence-corrected chi connectivity index (χ4v) is 1.78. The van der Waals surface area contributed by atoms with Crippen molar-refractivity contribution in [2.75, 3.05) is 13.1 Å². The zero-order valence-corrected chi connectivity index (χ0v) is 9.23. The lowest BCUT2D eigenvalue weighted by Crippen LogP contribution is -2.17. The summed E-state index contributed by atoms with van der Waals surface area (Å²) in [4.78, 5) is 0. The smallest absolute Gasteiger partial charge is 0.0214 e. The predicted molar refractivity (Wildman–Crippen MR) is 62.1 cm³/mol. The second kappa shape index (κ2) is 7.64. The van der Waals surface area contributed by atoms with Gasteiger partial charge in [0.05, 0.1) is 0 Å². The number of hydrogen-bond donors (Lipinski definition) is 1. The van der Waals surface area contributed by atoms with Gasteiger partial charge in [-0.25, -0.2) is 0 Å². The van der Waals surface area contributed by atoms with Crippen LogP contribution < -0.4 is 5.32 Å². The summed E-state index contributed by atoms with van der Waals surface area (Å²) in [5.41, 5.74) is 1.66. The molecule has 0 aromatic carbocycles. The van der Waals surface area contributed by atoms with Crippen molar-refractivity contribution in [3.63, 3.8) is 0 Å². The molecule has 1 aliphatic rings. The molecule has 0 heterocycles. The third-order valence-electron chi connectivity index (χ3n) is 2.61. The fraction of sp³-hybridized carbons (Fsp3) is 0.692. The molecule has 0 fully saturated rings. The van der Waals surface area contributed by atoms with Gasteiger partial charge in [0, 0.05) is 13.0 Å². The maximum Gasteiger partial charge on any atom is 0.0214 e. The average Bonchev–Trinajstić information content (AvgIpc) is 2.25. The Hall–Kier alpha value is -0.740. The van der Waals surface area contributed by atoms with Crippen molar-refractivity contribution in [3.05, 3.63) is 11.6 Å². The fourth-order valence-electron chi connectivity index (χ4n) is 1.78. The van der Waals surface area contributed by atoms with E-state index in [0.29, 0.717) is 0 Å². The number of rotatable bonds is 5. The van der Waals surface area contributed by atoms with Crippen LogP contribution in [0.4, 0.5) is 0 Å². The van der Waals surface area contributed by atoms with E-state index in [0.717, 1.165) is 19.5 Å². The van der Waals surface area contributed by atoms with Crippen LogP contribution in [0, 0.1) is 11.8 Å². The molecule has 1 N–H and O–H groups in total. The Morgan fingerprint density at radius 2 is 2.29 bits per heavy atom. The lowest BCUT2D eigenvalue weighted by Gasteiger charge is -2.12. The first-order valence-electron chi connectivity index (χ1n) is 5.71. The molecule has 1 rings (SSSR count). The zero-order chi connectivity index (χ0) is 10.1. The molecule has 1 heteroatoms. The highest BCUT2D eigenvalue weighted by Crippen LogP contribution is 2.19. The molecule has 0 atom stereocenters. The van der Waals surface area contributed by atoms with Gasteiger partial charge >= 0.3 is 0 Å². The van der Waals surface area contributed by atoms with Crippen molar-refractivity contribution in [2.45, 2.75) is 45.4 Å². The van der Waals surface area contributed by atoms with Gasteiger partial charge in [-0.05, 0) is 45.6 Å². The van der Waals surface area contributed by atoms with Crippen molar-refractivity contribution in [3.8, 4) is 11.8 Å². The standard InChI is InChI=1S/C13H21N/c1-2-3-7-11-14-12-10-13-8-5-4-6-9-13/h8,14H,4-7,9-12H2,1H3. The van der Waals surface area contributed by atoms with Crippen LogP contribution in [0.2, 0.25) is 0 Å². The van der Waals surface area contributed by atoms with E-state index in [1.807, 2.05) is 6.92 Å². The van der Waals surface area contributed by atoms with Crippen molar-refractivity contribution < 1.29 is 0 Å². The lowest BCUT2D eigenvalue weighted by molar-refractivity contribution is 0.636. The summed E-state index contributed by atoms with van der Waals surface area (Å²) in [5, 5.41) is 3.42. The molecule has 0 saturated carbocycles. The van der Waals surface area contributed by atoms with Gasteiger partial charge in [-0.15, -0.1) is 11.8 Å². The van der Waals surface area contributed by atoms with Crippen LogP contribution >= 0.6 is 0 Å². The van der Waals surface area contributed by atoms with Gasteiger partial charge in [0.1, 0.15) is 0 Å². The molecule has 0 aromatic rings. The Bertz CT molecular complexity index is 229. The quantitative estimate of drug-likeness (QED) is 0.400. The molecular weight excluding hydrogens is 170 g/mol. The van der Waals surface area contributed by atoms with Gasteiger partial charge in [-0.2, -0.15) is 0 Å². The van der Waals surface area contributed by atoms with Gasteiger partial charge < -0.3 is 5.32 Å². The van der Waals surface area contributed by atoms with E-state index >= 15 is 0 Å². The minimum Gasteiger partial charge on any atom is -0.315 e. The molecule has 0 saturated heterocycles. The van der Waals surface area contributed by atoms with E-state index in [1.165, 1.54) is 32.1 Å². The number of allylic oxidation sites excluding steroid dienone is 1. The SMILES string of the molecule is CC#CCCNCCC1=CCCCC1. The van der Waals surface area contributed by atoms with Crippen LogP contribution in [0.25, 0.3) is 0 Å². The largest absolute Gasteiger partial charge is 0.315 e. The molecular formula is C13H21N. The van der Waals surface area contributed by atoms with Crippen molar-refractivity contribution in [1.29, 1.82) is 0 Å². The Morgan fingerprint density at radius 3 is 3.00 bits per heavy atom. The highest BCUT2D eigenvalue weighted by Gasteiger charge is 2.02.